The van der Waals surface area contributed by atoms with Crippen LogP contribution in [0.5, 0.6) is 5.88 Å². The largest absolute Gasteiger partial charge is 0.472 e. The minimum absolute atomic E-state index is 0.0305. The SMILES string of the molecule is CC(C)(C)CCCN1CC[C@H](Oc2cnc(C(C)(C)C)cn2)C1. The first-order valence-electron chi connectivity index (χ1n) is 8.85. The average molecular weight is 319 g/mol. The lowest BCUT2D eigenvalue weighted by Crippen LogP contribution is -2.26. The summed E-state index contributed by atoms with van der Waals surface area (Å²) in [4.78, 5) is 11.4. The van der Waals surface area contributed by atoms with Crippen molar-refractivity contribution in [2.75, 3.05) is 19.6 Å². The van der Waals surface area contributed by atoms with Gasteiger partial charge in [-0.25, -0.2) is 4.98 Å². The molecule has 0 spiro atoms. The molecule has 0 bridgehead atoms. The lowest BCUT2D eigenvalue weighted by atomic mass is 9.90. The second-order valence-corrected chi connectivity index (χ2v) is 8.98. The van der Waals surface area contributed by atoms with Gasteiger partial charge in [0, 0.05) is 18.5 Å². The quantitative estimate of drug-likeness (QED) is 0.820. The van der Waals surface area contributed by atoms with Gasteiger partial charge >= 0.3 is 0 Å². The molecule has 1 aliphatic rings. The summed E-state index contributed by atoms with van der Waals surface area (Å²) in [6, 6.07) is 0. The molecule has 0 radical (unpaired) electrons. The summed E-state index contributed by atoms with van der Waals surface area (Å²) in [6.07, 6.45) is 7.47. The van der Waals surface area contributed by atoms with Gasteiger partial charge in [0.25, 0.3) is 0 Å². The van der Waals surface area contributed by atoms with Crippen LogP contribution in [0.4, 0.5) is 0 Å². The molecule has 4 heteroatoms. The van der Waals surface area contributed by atoms with E-state index >= 15 is 0 Å². The minimum atomic E-state index is 0.0305. The third kappa shape index (κ3) is 6.09. The van der Waals surface area contributed by atoms with E-state index in [9.17, 15) is 0 Å². The Balaban J connectivity index is 1.77. The molecule has 130 valence electrons. The summed E-state index contributed by atoms with van der Waals surface area (Å²) in [5, 5.41) is 0. The van der Waals surface area contributed by atoms with Crippen LogP contribution in [0.25, 0.3) is 0 Å². The van der Waals surface area contributed by atoms with E-state index < -0.39 is 0 Å². The maximum absolute atomic E-state index is 6.01. The van der Waals surface area contributed by atoms with Crippen molar-refractivity contribution in [1.29, 1.82) is 0 Å². The van der Waals surface area contributed by atoms with Gasteiger partial charge in [-0.15, -0.1) is 0 Å². The molecule has 0 aromatic carbocycles. The van der Waals surface area contributed by atoms with E-state index in [0.717, 1.165) is 25.2 Å². The molecule has 23 heavy (non-hydrogen) atoms. The molecule has 0 unspecified atom stereocenters. The van der Waals surface area contributed by atoms with Gasteiger partial charge in [-0.2, -0.15) is 0 Å². The first-order valence-corrected chi connectivity index (χ1v) is 8.85. The number of hydrogen-bond acceptors (Lipinski definition) is 4. The molecule has 0 amide bonds. The Hall–Kier alpha value is -1.16. The minimum Gasteiger partial charge on any atom is -0.472 e. The zero-order valence-electron chi connectivity index (χ0n) is 15.7. The molecule has 1 aliphatic heterocycles. The first-order chi connectivity index (χ1) is 10.6. The third-order valence-corrected chi connectivity index (χ3v) is 4.31. The Morgan fingerprint density at radius 3 is 2.43 bits per heavy atom. The van der Waals surface area contributed by atoms with Crippen molar-refractivity contribution >= 4 is 0 Å². The van der Waals surface area contributed by atoms with Crippen molar-refractivity contribution in [2.45, 2.75) is 72.3 Å². The summed E-state index contributed by atoms with van der Waals surface area (Å²) >= 11 is 0. The Labute approximate surface area is 141 Å². The standard InChI is InChI=1S/C19H33N3O/c1-18(2,3)9-7-10-22-11-8-15(14-22)23-17-13-20-16(12-21-17)19(4,5)6/h12-13,15H,7-11,14H2,1-6H3/t15-/m0/s1. The van der Waals surface area contributed by atoms with Crippen molar-refractivity contribution in [3.63, 3.8) is 0 Å². The summed E-state index contributed by atoms with van der Waals surface area (Å²) in [6.45, 7) is 16.7. The Bertz CT molecular complexity index is 485. The van der Waals surface area contributed by atoms with Gasteiger partial charge in [-0.05, 0) is 31.2 Å². The van der Waals surface area contributed by atoms with Gasteiger partial charge in [0.2, 0.25) is 5.88 Å². The molecule has 1 aromatic heterocycles. The molecule has 0 saturated carbocycles. The molecular weight excluding hydrogens is 286 g/mol. The highest BCUT2D eigenvalue weighted by Gasteiger charge is 2.25. The van der Waals surface area contributed by atoms with Crippen LogP contribution in [0.3, 0.4) is 0 Å². The predicted molar refractivity (Wildman–Crippen MR) is 94.9 cm³/mol. The highest BCUT2D eigenvalue weighted by molar-refractivity contribution is 5.13. The second-order valence-electron chi connectivity index (χ2n) is 8.98. The summed E-state index contributed by atoms with van der Waals surface area (Å²) in [5.74, 6) is 0.652. The van der Waals surface area contributed by atoms with Gasteiger partial charge < -0.3 is 4.74 Å². The van der Waals surface area contributed by atoms with Crippen LogP contribution in [0.1, 0.15) is 66.5 Å². The van der Waals surface area contributed by atoms with Crippen LogP contribution in [-0.4, -0.2) is 40.6 Å². The molecular formula is C19H33N3O. The molecule has 4 nitrogen and oxygen atoms in total. The lowest BCUT2D eigenvalue weighted by molar-refractivity contribution is 0.189. The van der Waals surface area contributed by atoms with E-state index in [1.165, 1.54) is 19.4 Å². The lowest BCUT2D eigenvalue weighted by Gasteiger charge is -2.21. The van der Waals surface area contributed by atoms with Crippen molar-refractivity contribution in [2.24, 2.45) is 5.41 Å². The Kier molecular flexibility index (Phi) is 5.66. The van der Waals surface area contributed by atoms with E-state index in [0.29, 0.717) is 11.3 Å². The zero-order valence-corrected chi connectivity index (χ0v) is 15.7. The van der Waals surface area contributed by atoms with Gasteiger partial charge in [0.05, 0.1) is 18.1 Å². The van der Waals surface area contributed by atoms with Crippen molar-refractivity contribution in [3.8, 4) is 5.88 Å². The fourth-order valence-electron chi connectivity index (χ4n) is 2.86. The fourth-order valence-corrected chi connectivity index (χ4v) is 2.86. The smallest absolute Gasteiger partial charge is 0.232 e. The average Bonchev–Trinajstić information content (AvgIpc) is 2.84. The maximum atomic E-state index is 6.01. The fraction of sp³-hybridized carbons (Fsp3) is 0.789. The molecule has 2 heterocycles. The summed E-state index contributed by atoms with van der Waals surface area (Å²) < 4.78 is 6.01. The molecule has 1 aromatic rings. The van der Waals surface area contributed by atoms with E-state index in [2.05, 4.69) is 56.4 Å². The molecule has 0 aliphatic carbocycles. The number of nitrogens with zero attached hydrogens (tertiary/aromatic N) is 3. The summed E-state index contributed by atoms with van der Waals surface area (Å²) in [5.41, 5.74) is 1.46. The van der Waals surface area contributed by atoms with Crippen LogP contribution in [0.15, 0.2) is 12.4 Å². The molecule has 1 fully saturated rings. The highest BCUT2D eigenvalue weighted by Crippen LogP contribution is 2.23. The number of rotatable bonds is 5. The van der Waals surface area contributed by atoms with Crippen LogP contribution in [0.2, 0.25) is 0 Å². The molecule has 0 N–H and O–H groups in total. The van der Waals surface area contributed by atoms with E-state index in [-0.39, 0.29) is 11.5 Å². The predicted octanol–water partition coefficient (Wildman–Crippen LogP) is 4.05. The monoisotopic (exact) mass is 319 g/mol. The Morgan fingerprint density at radius 1 is 1.13 bits per heavy atom. The zero-order chi connectivity index (χ0) is 17.1. The number of likely N-dealkylation sites (tertiary alicyclic amines) is 1. The first kappa shape index (κ1) is 18.2. The normalized spacial score (nSPS) is 20.0. The molecule has 2 rings (SSSR count). The van der Waals surface area contributed by atoms with Gasteiger partial charge in [-0.1, -0.05) is 41.5 Å². The van der Waals surface area contributed by atoms with Crippen molar-refractivity contribution in [1.82, 2.24) is 14.9 Å². The van der Waals surface area contributed by atoms with Crippen LogP contribution in [0, 0.1) is 5.41 Å². The van der Waals surface area contributed by atoms with Crippen LogP contribution in [-0.2, 0) is 5.41 Å². The van der Waals surface area contributed by atoms with Crippen LogP contribution < -0.4 is 4.74 Å². The number of aromatic nitrogens is 2. The van der Waals surface area contributed by atoms with Crippen molar-refractivity contribution < 1.29 is 4.74 Å². The van der Waals surface area contributed by atoms with E-state index in [1.54, 1.807) is 6.20 Å². The van der Waals surface area contributed by atoms with Gasteiger partial charge in [0.15, 0.2) is 0 Å². The van der Waals surface area contributed by atoms with Gasteiger partial charge in [0.1, 0.15) is 6.10 Å². The maximum Gasteiger partial charge on any atom is 0.232 e. The molecule has 1 atom stereocenters. The van der Waals surface area contributed by atoms with Gasteiger partial charge in [-0.3, -0.25) is 9.88 Å². The van der Waals surface area contributed by atoms with E-state index in [1.807, 2.05) is 6.20 Å². The van der Waals surface area contributed by atoms with Crippen LogP contribution >= 0.6 is 0 Å². The topological polar surface area (TPSA) is 38.2 Å². The second kappa shape index (κ2) is 7.16. The Morgan fingerprint density at radius 2 is 1.87 bits per heavy atom. The number of ether oxygens (including phenoxy) is 1. The van der Waals surface area contributed by atoms with Crippen molar-refractivity contribution in [3.05, 3.63) is 18.1 Å². The highest BCUT2D eigenvalue weighted by atomic mass is 16.5. The molecule has 1 saturated heterocycles. The third-order valence-electron chi connectivity index (χ3n) is 4.31. The van der Waals surface area contributed by atoms with E-state index in [4.69, 9.17) is 4.74 Å². The summed E-state index contributed by atoms with van der Waals surface area (Å²) in [7, 11) is 0. The number of hydrogen-bond donors (Lipinski definition) is 0.